The van der Waals surface area contributed by atoms with Crippen LogP contribution >= 0.6 is 0 Å². The Morgan fingerprint density at radius 2 is 1.52 bits per heavy atom. The van der Waals surface area contributed by atoms with Crippen molar-refractivity contribution in [1.29, 1.82) is 0 Å². The third kappa shape index (κ3) is 6.98. The molecule has 0 radical (unpaired) electrons. The first-order valence-electron chi connectivity index (χ1n) is 11.7. The summed E-state index contributed by atoms with van der Waals surface area (Å²) in [5.41, 5.74) is 1.02. The van der Waals surface area contributed by atoms with Crippen molar-refractivity contribution < 1.29 is 19.1 Å². The third-order valence-electron chi connectivity index (χ3n) is 6.09. The molecule has 0 aliphatic heterocycles. The average Bonchev–Trinajstić information content (AvgIpc) is 2.76. The molecule has 2 aromatic carbocycles. The van der Waals surface area contributed by atoms with Crippen molar-refractivity contribution >= 4 is 12.2 Å². The van der Waals surface area contributed by atoms with Crippen molar-refractivity contribution in [3.8, 4) is 0 Å². The van der Waals surface area contributed by atoms with Crippen LogP contribution in [0, 0.1) is 0 Å². The topological polar surface area (TPSA) is 67.9 Å². The van der Waals surface area contributed by atoms with Gasteiger partial charge in [0.25, 0.3) is 0 Å². The third-order valence-corrected chi connectivity index (χ3v) is 6.09. The lowest BCUT2D eigenvalue weighted by atomic mass is 9.77. The van der Waals surface area contributed by atoms with Crippen molar-refractivity contribution in [2.45, 2.75) is 83.7 Å². The first-order valence-corrected chi connectivity index (χ1v) is 11.7. The second-order valence-corrected chi connectivity index (χ2v) is 10.0. The normalized spacial score (nSPS) is 20.5. The molecule has 2 amide bonds. The van der Waals surface area contributed by atoms with Gasteiger partial charge in [0.1, 0.15) is 13.2 Å². The number of hydrogen-bond acceptors (Lipinski definition) is 4. The molecule has 0 heterocycles. The summed E-state index contributed by atoms with van der Waals surface area (Å²) in [4.78, 5) is 27.5. The molecule has 2 unspecified atom stereocenters. The number of nitrogens with zero attached hydrogens (tertiary/aromatic N) is 1. The number of carbonyl (C=O) groups is 2. The largest absolute Gasteiger partial charge is 0.445 e. The van der Waals surface area contributed by atoms with Crippen LogP contribution in [-0.2, 0) is 22.7 Å². The van der Waals surface area contributed by atoms with Crippen LogP contribution in [0.2, 0.25) is 0 Å². The second-order valence-electron chi connectivity index (χ2n) is 10.0. The maximum absolute atomic E-state index is 13.2. The molecule has 0 aromatic heterocycles. The van der Waals surface area contributed by atoms with Gasteiger partial charge in [-0.15, -0.1) is 0 Å². The number of benzene rings is 2. The zero-order valence-electron chi connectivity index (χ0n) is 20.2. The zero-order chi connectivity index (χ0) is 23.9. The van der Waals surface area contributed by atoms with Gasteiger partial charge in [-0.3, -0.25) is 4.90 Å². The quantitative estimate of drug-likeness (QED) is 0.579. The van der Waals surface area contributed by atoms with Crippen LogP contribution in [-0.4, -0.2) is 34.2 Å². The number of amides is 2. The highest BCUT2D eigenvalue weighted by Gasteiger charge is 2.46. The molecule has 1 fully saturated rings. The van der Waals surface area contributed by atoms with Crippen LogP contribution in [0.5, 0.6) is 0 Å². The van der Waals surface area contributed by atoms with Gasteiger partial charge in [0.2, 0.25) is 0 Å². The molecule has 2 atom stereocenters. The van der Waals surface area contributed by atoms with Gasteiger partial charge < -0.3 is 14.8 Å². The monoisotopic (exact) mass is 452 g/mol. The van der Waals surface area contributed by atoms with Crippen molar-refractivity contribution in [3.05, 3.63) is 71.8 Å². The number of ether oxygens (including phenoxy) is 2. The van der Waals surface area contributed by atoms with E-state index in [-0.39, 0.29) is 25.3 Å². The summed E-state index contributed by atoms with van der Waals surface area (Å²) in [5.74, 6) is 0. The smallest absolute Gasteiger partial charge is 0.410 e. The number of nitrogens with one attached hydrogen (secondary N) is 1. The SMILES string of the molecule is CC(C)(C)N(C(=O)OCc1ccccc1)C1(C)CCCC(NC(=O)OCc2ccccc2)C1. The van der Waals surface area contributed by atoms with Crippen LogP contribution < -0.4 is 5.32 Å². The van der Waals surface area contributed by atoms with E-state index in [1.807, 2.05) is 86.3 Å². The molecule has 0 bridgehead atoms. The summed E-state index contributed by atoms with van der Waals surface area (Å²) in [6.07, 6.45) is 2.49. The Balaban J connectivity index is 1.62. The molecule has 178 valence electrons. The van der Waals surface area contributed by atoms with E-state index in [1.54, 1.807) is 0 Å². The fraction of sp³-hybridized carbons (Fsp3) is 0.481. The first-order chi connectivity index (χ1) is 15.7. The zero-order valence-corrected chi connectivity index (χ0v) is 20.2. The summed E-state index contributed by atoms with van der Waals surface area (Å²) >= 11 is 0. The minimum atomic E-state index is -0.443. The maximum Gasteiger partial charge on any atom is 0.410 e. The minimum absolute atomic E-state index is 0.0706. The Kier molecular flexibility index (Phi) is 8.01. The maximum atomic E-state index is 13.2. The molecule has 1 saturated carbocycles. The van der Waals surface area contributed by atoms with E-state index in [0.717, 1.165) is 30.4 Å². The summed E-state index contributed by atoms with van der Waals surface area (Å²) in [5, 5.41) is 3.01. The van der Waals surface area contributed by atoms with Gasteiger partial charge >= 0.3 is 12.2 Å². The van der Waals surface area contributed by atoms with E-state index in [1.165, 1.54) is 0 Å². The Bertz CT molecular complexity index is 911. The molecule has 1 aliphatic carbocycles. The fourth-order valence-corrected chi connectivity index (χ4v) is 4.81. The lowest BCUT2D eigenvalue weighted by Crippen LogP contribution is -2.61. The van der Waals surface area contributed by atoms with Gasteiger partial charge in [-0.05, 0) is 64.5 Å². The molecule has 6 heteroatoms. The van der Waals surface area contributed by atoms with Crippen LogP contribution in [0.4, 0.5) is 9.59 Å². The molecule has 33 heavy (non-hydrogen) atoms. The van der Waals surface area contributed by atoms with E-state index in [9.17, 15) is 9.59 Å². The van der Waals surface area contributed by atoms with E-state index < -0.39 is 17.2 Å². The van der Waals surface area contributed by atoms with E-state index in [0.29, 0.717) is 6.42 Å². The predicted octanol–water partition coefficient (Wildman–Crippen LogP) is 6.05. The summed E-state index contributed by atoms with van der Waals surface area (Å²) in [6, 6.07) is 19.2. The molecule has 0 spiro atoms. The molecular formula is C27H36N2O4. The molecule has 0 saturated heterocycles. The van der Waals surface area contributed by atoms with E-state index in [4.69, 9.17) is 9.47 Å². The summed E-state index contributed by atoms with van der Waals surface area (Å²) in [7, 11) is 0. The molecule has 3 rings (SSSR count). The summed E-state index contributed by atoms with van der Waals surface area (Å²) < 4.78 is 11.1. The van der Waals surface area contributed by atoms with Crippen molar-refractivity contribution in [1.82, 2.24) is 10.2 Å². The van der Waals surface area contributed by atoms with E-state index in [2.05, 4.69) is 12.2 Å². The summed E-state index contributed by atoms with van der Waals surface area (Å²) in [6.45, 7) is 8.62. The van der Waals surface area contributed by atoms with Crippen molar-refractivity contribution in [2.24, 2.45) is 0 Å². The van der Waals surface area contributed by atoms with Gasteiger partial charge in [-0.25, -0.2) is 9.59 Å². The minimum Gasteiger partial charge on any atom is -0.445 e. The van der Waals surface area contributed by atoms with Gasteiger partial charge in [0.05, 0.1) is 0 Å². The standard InChI is InChI=1S/C27H36N2O4/c1-26(2,3)29(25(31)33-20-22-14-9-6-10-15-22)27(4)17-11-16-23(18-27)28-24(30)32-19-21-12-7-5-8-13-21/h5-10,12-15,23H,11,16-20H2,1-4H3,(H,28,30). The number of rotatable bonds is 6. The lowest BCUT2D eigenvalue weighted by Gasteiger charge is -2.51. The highest BCUT2D eigenvalue weighted by Crippen LogP contribution is 2.38. The number of hydrogen-bond donors (Lipinski definition) is 1. The van der Waals surface area contributed by atoms with Crippen LogP contribution in [0.3, 0.4) is 0 Å². The van der Waals surface area contributed by atoms with Gasteiger partial charge in [-0.1, -0.05) is 60.7 Å². The van der Waals surface area contributed by atoms with Crippen LogP contribution in [0.15, 0.2) is 60.7 Å². The van der Waals surface area contributed by atoms with Gasteiger partial charge in [0, 0.05) is 17.1 Å². The Labute approximate surface area is 197 Å². The molecule has 6 nitrogen and oxygen atoms in total. The average molecular weight is 453 g/mol. The van der Waals surface area contributed by atoms with Crippen molar-refractivity contribution in [2.75, 3.05) is 0 Å². The highest BCUT2D eigenvalue weighted by molar-refractivity contribution is 5.70. The van der Waals surface area contributed by atoms with Gasteiger partial charge in [0.15, 0.2) is 0 Å². The van der Waals surface area contributed by atoms with Gasteiger partial charge in [-0.2, -0.15) is 0 Å². The second kappa shape index (κ2) is 10.7. The first kappa shape index (κ1) is 24.6. The number of carbonyl (C=O) groups excluding carboxylic acids is 2. The lowest BCUT2D eigenvalue weighted by molar-refractivity contribution is -0.0177. The predicted molar refractivity (Wildman–Crippen MR) is 129 cm³/mol. The molecule has 1 N–H and O–H groups in total. The molecule has 1 aliphatic rings. The van der Waals surface area contributed by atoms with Crippen LogP contribution in [0.1, 0.15) is 64.5 Å². The Hall–Kier alpha value is -3.02. The van der Waals surface area contributed by atoms with E-state index >= 15 is 0 Å². The Morgan fingerprint density at radius 3 is 2.06 bits per heavy atom. The molecular weight excluding hydrogens is 416 g/mol. The number of alkyl carbamates (subject to hydrolysis) is 1. The molecule has 2 aromatic rings. The van der Waals surface area contributed by atoms with Crippen LogP contribution in [0.25, 0.3) is 0 Å². The Morgan fingerprint density at radius 1 is 0.970 bits per heavy atom. The highest BCUT2D eigenvalue weighted by atomic mass is 16.6. The fourth-order valence-electron chi connectivity index (χ4n) is 4.81. The van der Waals surface area contributed by atoms with Crippen molar-refractivity contribution in [3.63, 3.8) is 0 Å².